The van der Waals surface area contributed by atoms with Crippen molar-refractivity contribution in [1.29, 1.82) is 0 Å². The fourth-order valence-electron chi connectivity index (χ4n) is 2.42. The predicted molar refractivity (Wildman–Crippen MR) is 103 cm³/mol. The zero-order valence-electron chi connectivity index (χ0n) is 13.4. The van der Waals surface area contributed by atoms with Gasteiger partial charge in [-0.25, -0.2) is 0 Å². The third-order valence-corrected chi connectivity index (χ3v) is 4.21. The van der Waals surface area contributed by atoms with Gasteiger partial charge in [0.05, 0.1) is 10.7 Å². The normalized spacial score (nSPS) is 10.5. The Hall–Kier alpha value is -2.36. The number of phenols is 1. The van der Waals surface area contributed by atoms with E-state index >= 15 is 0 Å². The SMILES string of the molecule is Oc1c(Cl)cc(Cl)cc1NCc1ccccc1OCc1ccccc1. The fraction of sp³-hybridized carbons (Fsp3) is 0.100. The highest BCUT2D eigenvalue weighted by Gasteiger charge is 2.09. The maximum absolute atomic E-state index is 10.0. The number of nitrogens with one attached hydrogen (secondary N) is 1. The quantitative estimate of drug-likeness (QED) is 0.529. The van der Waals surface area contributed by atoms with Crippen LogP contribution in [0.15, 0.2) is 66.7 Å². The van der Waals surface area contributed by atoms with E-state index in [-0.39, 0.29) is 10.8 Å². The molecule has 0 radical (unpaired) electrons. The number of benzene rings is 3. The summed E-state index contributed by atoms with van der Waals surface area (Å²) >= 11 is 11.9. The van der Waals surface area contributed by atoms with Gasteiger partial charge in [-0.05, 0) is 23.8 Å². The summed E-state index contributed by atoms with van der Waals surface area (Å²) in [5.41, 5.74) is 2.55. The summed E-state index contributed by atoms with van der Waals surface area (Å²) < 4.78 is 5.93. The number of ether oxygens (including phenoxy) is 1. The first-order valence-corrected chi connectivity index (χ1v) is 8.55. The Morgan fingerprint density at radius 2 is 1.64 bits per heavy atom. The molecule has 0 aliphatic carbocycles. The molecule has 3 nitrogen and oxygen atoms in total. The number of rotatable bonds is 6. The first-order chi connectivity index (χ1) is 12.1. The standard InChI is InChI=1S/C20H17Cl2NO2/c21-16-10-17(22)20(24)18(11-16)23-12-15-8-4-5-9-19(15)25-13-14-6-2-1-3-7-14/h1-11,23-24H,12-13H2. The number of anilines is 1. The highest BCUT2D eigenvalue weighted by Crippen LogP contribution is 2.35. The van der Waals surface area contributed by atoms with Crippen LogP contribution in [-0.2, 0) is 13.2 Å². The van der Waals surface area contributed by atoms with E-state index < -0.39 is 0 Å². The molecule has 0 atom stereocenters. The zero-order valence-corrected chi connectivity index (χ0v) is 14.9. The van der Waals surface area contributed by atoms with Crippen LogP contribution < -0.4 is 10.1 Å². The topological polar surface area (TPSA) is 41.5 Å². The van der Waals surface area contributed by atoms with Crippen LogP contribution in [0.25, 0.3) is 0 Å². The van der Waals surface area contributed by atoms with Crippen molar-refractivity contribution in [3.63, 3.8) is 0 Å². The predicted octanol–water partition coefficient (Wildman–Crippen LogP) is 5.89. The minimum absolute atomic E-state index is 0.0197. The van der Waals surface area contributed by atoms with Crippen molar-refractivity contribution in [2.45, 2.75) is 13.2 Å². The van der Waals surface area contributed by atoms with Crippen LogP contribution in [0.5, 0.6) is 11.5 Å². The Balaban J connectivity index is 1.71. The first kappa shape index (κ1) is 17.5. The summed E-state index contributed by atoms with van der Waals surface area (Å²) in [4.78, 5) is 0. The van der Waals surface area contributed by atoms with Crippen LogP contribution in [0.3, 0.4) is 0 Å². The summed E-state index contributed by atoms with van der Waals surface area (Å²) in [7, 11) is 0. The zero-order chi connectivity index (χ0) is 17.6. The van der Waals surface area contributed by atoms with E-state index in [1.807, 2.05) is 54.6 Å². The molecular formula is C20H17Cl2NO2. The molecule has 128 valence electrons. The summed E-state index contributed by atoms with van der Waals surface area (Å²) in [6.07, 6.45) is 0. The summed E-state index contributed by atoms with van der Waals surface area (Å²) in [6.45, 7) is 0.960. The number of phenolic OH excluding ortho intramolecular Hbond substituents is 1. The molecule has 3 aromatic carbocycles. The number of hydrogen-bond donors (Lipinski definition) is 2. The maximum Gasteiger partial charge on any atom is 0.157 e. The van der Waals surface area contributed by atoms with Crippen molar-refractivity contribution >= 4 is 28.9 Å². The molecule has 3 aromatic rings. The van der Waals surface area contributed by atoms with Gasteiger partial charge in [0.25, 0.3) is 0 Å². The Labute approximate surface area is 156 Å². The summed E-state index contributed by atoms with van der Waals surface area (Å²) in [5, 5.41) is 13.9. The molecule has 0 spiro atoms. The van der Waals surface area contributed by atoms with E-state index in [9.17, 15) is 5.11 Å². The van der Waals surface area contributed by atoms with Crippen LogP contribution in [0.2, 0.25) is 10.0 Å². The van der Waals surface area contributed by atoms with Gasteiger partial charge in [0.1, 0.15) is 12.4 Å². The lowest BCUT2D eigenvalue weighted by atomic mass is 10.2. The maximum atomic E-state index is 10.0. The second-order valence-corrected chi connectivity index (χ2v) is 6.36. The van der Waals surface area contributed by atoms with E-state index in [1.54, 1.807) is 6.07 Å². The first-order valence-electron chi connectivity index (χ1n) is 7.80. The molecule has 0 saturated carbocycles. The van der Waals surface area contributed by atoms with E-state index in [1.165, 1.54) is 6.07 Å². The molecule has 0 bridgehead atoms. The van der Waals surface area contributed by atoms with E-state index in [2.05, 4.69) is 5.32 Å². The van der Waals surface area contributed by atoms with Crippen LogP contribution in [0.4, 0.5) is 5.69 Å². The number of halogens is 2. The number of hydrogen-bond acceptors (Lipinski definition) is 3. The van der Waals surface area contributed by atoms with Gasteiger partial charge in [-0.15, -0.1) is 0 Å². The van der Waals surface area contributed by atoms with Gasteiger partial charge >= 0.3 is 0 Å². The van der Waals surface area contributed by atoms with Gasteiger partial charge in [-0.2, -0.15) is 0 Å². The van der Waals surface area contributed by atoms with E-state index in [0.29, 0.717) is 23.9 Å². The molecule has 2 N–H and O–H groups in total. The molecule has 0 saturated heterocycles. The largest absolute Gasteiger partial charge is 0.504 e. The third-order valence-electron chi connectivity index (χ3n) is 3.71. The minimum Gasteiger partial charge on any atom is -0.504 e. The summed E-state index contributed by atoms with van der Waals surface area (Å²) in [5.74, 6) is 0.764. The second-order valence-electron chi connectivity index (χ2n) is 5.52. The number of para-hydroxylation sites is 1. The second kappa shape index (κ2) is 8.15. The molecule has 0 aromatic heterocycles. The summed E-state index contributed by atoms with van der Waals surface area (Å²) in [6, 6.07) is 20.9. The number of aromatic hydroxyl groups is 1. The lowest BCUT2D eigenvalue weighted by molar-refractivity contribution is 0.303. The molecule has 0 fully saturated rings. The van der Waals surface area contributed by atoms with Crippen molar-refractivity contribution in [2.24, 2.45) is 0 Å². The average Bonchev–Trinajstić information content (AvgIpc) is 2.63. The van der Waals surface area contributed by atoms with Crippen LogP contribution in [0, 0.1) is 0 Å². The lowest BCUT2D eigenvalue weighted by Crippen LogP contribution is -2.04. The Bertz CT molecular complexity index is 854. The van der Waals surface area contributed by atoms with Crippen molar-refractivity contribution in [1.82, 2.24) is 0 Å². The van der Waals surface area contributed by atoms with Gasteiger partial charge in [0.15, 0.2) is 5.75 Å². The van der Waals surface area contributed by atoms with Crippen molar-refractivity contribution < 1.29 is 9.84 Å². The van der Waals surface area contributed by atoms with Gasteiger partial charge in [-0.1, -0.05) is 71.7 Å². The van der Waals surface area contributed by atoms with Gasteiger partial charge in [0.2, 0.25) is 0 Å². The van der Waals surface area contributed by atoms with Crippen molar-refractivity contribution in [2.75, 3.05) is 5.32 Å². The van der Waals surface area contributed by atoms with E-state index in [0.717, 1.165) is 16.9 Å². The Morgan fingerprint density at radius 3 is 2.44 bits per heavy atom. The van der Waals surface area contributed by atoms with Gasteiger partial charge < -0.3 is 15.2 Å². The van der Waals surface area contributed by atoms with Crippen LogP contribution in [0.1, 0.15) is 11.1 Å². The lowest BCUT2D eigenvalue weighted by Gasteiger charge is -2.14. The molecule has 3 rings (SSSR count). The van der Waals surface area contributed by atoms with Gasteiger partial charge in [-0.3, -0.25) is 0 Å². The smallest absolute Gasteiger partial charge is 0.157 e. The fourth-order valence-corrected chi connectivity index (χ4v) is 2.91. The minimum atomic E-state index is -0.0197. The van der Waals surface area contributed by atoms with Gasteiger partial charge in [0, 0.05) is 17.1 Å². The average molecular weight is 374 g/mol. The Kier molecular flexibility index (Phi) is 5.69. The third kappa shape index (κ3) is 4.59. The molecule has 25 heavy (non-hydrogen) atoms. The molecule has 5 heteroatoms. The molecule has 0 aliphatic heterocycles. The monoisotopic (exact) mass is 373 g/mol. The molecular weight excluding hydrogens is 357 g/mol. The van der Waals surface area contributed by atoms with Crippen molar-refractivity contribution in [3.05, 3.63) is 87.9 Å². The van der Waals surface area contributed by atoms with Crippen molar-refractivity contribution in [3.8, 4) is 11.5 Å². The Morgan fingerprint density at radius 1 is 0.920 bits per heavy atom. The highest BCUT2D eigenvalue weighted by atomic mass is 35.5. The van der Waals surface area contributed by atoms with E-state index in [4.69, 9.17) is 27.9 Å². The highest BCUT2D eigenvalue weighted by molar-refractivity contribution is 6.36. The molecule has 0 aliphatic rings. The van der Waals surface area contributed by atoms with Crippen LogP contribution in [-0.4, -0.2) is 5.11 Å². The van der Waals surface area contributed by atoms with Crippen LogP contribution >= 0.6 is 23.2 Å². The molecule has 0 unspecified atom stereocenters. The molecule has 0 heterocycles. The molecule has 0 amide bonds.